The van der Waals surface area contributed by atoms with Crippen molar-refractivity contribution < 1.29 is 4.79 Å². The van der Waals surface area contributed by atoms with E-state index < -0.39 is 0 Å². The maximum atomic E-state index is 11.7. The molecule has 2 aromatic carbocycles. The summed E-state index contributed by atoms with van der Waals surface area (Å²) < 4.78 is 0. The number of anilines is 1. The highest BCUT2D eigenvalue weighted by molar-refractivity contribution is 5.89. The van der Waals surface area contributed by atoms with Crippen LogP contribution in [-0.4, -0.2) is 12.6 Å². The van der Waals surface area contributed by atoms with Crippen LogP contribution in [0.5, 0.6) is 0 Å². The van der Waals surface area contributed by atoms with Gasteiger partial charge in [-0.15, -0.1) is 0 Å². The molecule has 0 unspecified atom stereocenters. The third-order valence-electron chi connectivity index (χ3n) is 3.38. The average Bonchev–Trinajstić information content (AvgIpc) is 2.49. The number of rotatable bonds is 5. The van der Waals surface area contributed by atoms with E-state index in [2.05, 4.69) is 48.7 Å². The van der Waals surface area contributed by atoms with Gasteiger partial charge < -0.3 is 10.6 Å². The van der Waals surface area contributed by atoms with Crippen LogP contribution >= 0.6 is 0 Å². The quantitative estimate of drug-likeness (QED) is 0.849. The van der Waals surface area contributed by atoms with Gasteiger partial charge in [0, 0.05) is 12.2 Å². The Bertz CT molecular complexity index is 562. The molecule has 110 valence electrons. The molecule has 0 aliphatic rings. The second kappa shape index (κ2) is 7.48. The van der Waals surface area contributed by atoms with Crippen molar-refractivity contribution in [1.82, 2.24) is 5.32 Å². The van der Waals surface area contributed by atoms with Gasteiger partial charge in [0.25, 0.3) is 0 Å². The highest BCUT2D eigenvalue weighted by Gasteiger charge is 2.02. The minimum absolute atomic E-state index is 0.167. The molecule has 21 heavy (non-hydrogen) atoms. The summed E-state index contributed by atoms with van der Waals surface area (Å²) in [6.07, 6.45) is 0.834. The lowest BCUT2D eigenvalue weighted by Gasteiger charge is -2.09. The number of carbonyl (C=O) groups is 1. The summed E-state index contributed by atoms with van der Waals surface area (Å²) in [6, 6.07) is 17.8. The molecular weight excluding hydrogens is 260 g/mol. The molecule has 2 aromatic rings. The van der Waals surface area contributed by atoms with Crippen LogP contribution < -0.4 is 10.6 Å². The van der Waals surface area contributed by atoms with E-state index in [-0.39, 0.29) is 6.03 Å². The predicted octanol–water partition coefficient (Wildman–Crippen LogP) is 4.17. The topological polar surface area (TPSA) is 41.1 Å². The van der Waals surface area contributed by atoms with Gasteiger partial charge in [-0.05, 0) is 35.6 Å². The number of carbonyl (C=O) groups excluding carboxylic acids is 1. The van der Waals surface area contributed by atoms with Gasteiger partial charge in [-0.3, -0.25) is 0 Å². The second-order valence-electron chi connectivity index (χ2n) is 5.39. The van der Waals surface area contributed by atoms with Crippen LogP contribution in [-0.2, 0) is 6.42 Å². The van der Waals surface area contributed by atoms with Crippen molar-refractivity contribution in [1.29, 1.82) is 0 Å². The lowest BCUT2D eigenvalue weighted by Crippen LogP contribution is -2.30. The molecular formula is C18H22N2O. The smallest absolute Gasteiger partial charge is 0.319 e. The fourth-order valence-electron chi connectivity index (χ4n) is 2.09. The fourth-order valence-corrected chi connectivity index (χ4v) is 2.09. The first kappa shape index (κ1) is 15.1. The molecule has 0 heterocycles. The minimum atomic E-state index is -0.167. The Labute approximate surface area is 126 Å². The average molecular weight is 282 g/mol. The van der Waals surface area contributed by atoms with Crippen molar-refractivity contribution in [2.75, 3.05) is 11.9 Å². The summed E-state index contributed by atoms with van der Waals surface area (Å²) in [6.45, 7) is 4.99. The van der Waals surface area contributed by atoms with Gasteiger partial charge in [-0.2, -0.15) is 0 Å². The predicted molar refractivity (Wildman–Crippen MR) is 87.7 cm³/mol. The summed E-state index contributed by atoms with van der Waals surface area (Å²) in [5.41, 5.74) is 3.38. The molecule has 0 radical (unpaired) electrons. The normalized spacial score (nSPS) is 10.4. The van der Waals surface area contributed by atoms with E-state index >= 15 is 0 Å². The molecule has 0 aromatic heterocycles. The molecule has 2 N–H and O–H groups in total. The van der Waals surface area contributed by atoms with E-state index in [1.54, 1.807) is 0 Å². The Morgan fingerprint density at radius 1 is 1.00 bits per heavy atom. The van der Waals surface area contributed by atoms with Crippen molar-refractivity contribution in [3.63, 3.8) is 0 Å². The molecule has 0 aliphatic heterocycles. The van der Waals surface area contributed by atoms with Crippen LogP contribution in [0.2, 0.25) is 0 Å². The lowest BCUT2D eigenvalue weighted by molar-refractivity contribution is 0.252. The van der Waals surface area contributed by atoms with Crippen LogP contribution in [0.1, 0.15) is 30.9 Å². The summed E-state index contributed by atoms with van der Waals surface area (Å²) >= 11 is 0. The first-order valence-corrected chi connectivity index (χ1v) is 7.34. The third kappa shape index (κ3) is 4.95. The highest BCUT2D eigenvalue weighted by atomic mass is 16.2. The van der Waals surface area contributed by atoms with Crippen LogP contribution in [0.15, 0.2) is 54.6 Å². The Morgan fingerprint density at radius 3 is 2.29 bits per heavy atom. The lowest BCUT2D eigenvalue weighted by atomic mass is 10.0. The van der Waals surface area contributed by atoms with E-state index in [1.165, 1.54) is 11.1 Å². The summed E-state index contributed by atoms with van der Waals surface area (Å²) in [4.78, 5) is 11.7. The van der Waals surface area contributed by atoms with Crippen molar-refractivity contribution in [3.8, 4) is 0 Å². The molecule has 0 spiro atoms. The number of nitrogens with one attached hydrogen (secondary N) is 2. The standard InChI is InChI=1S/C18H22N2O/c1-14(2)16-10-8-15(9-11-16)12-13-19-18(21)20-17-6-4-3-5-7-17/h3-11,14H,12-13H2,1-2H3,(H2,19,20,21). The van der Waals surface area contributed by atoms with E-state index in [0.29, 0.717) is 12.5 Å². The largest absolute Gasteiger partial charge is 0.338 e. The molecule has 2 rings (SSSR count). The van der Waals surface area contributed by atoms with E-state index in [0.717, 1.165) is 12.1 Å². The van der Waals surface area contributed by atoms with Crippen molar-refractivity contribution in [2.45, 2.75) is 26.2 Å². The number of hydrogen-bond acceptors (Lipinski definition) is 1. The SMILES string of the molecule is CC(C)c1ccc(CCNC(=O)Nc2ccccc2)cc1. The van der Waals surface area contributed by atoms with Gasteiger partial charge >= 0.3 is 6.03 Å². The first-order valence-electron chi connectivity index (χ1n) is 7.34. The zero-order valence-electron chi connectivity index (χ0n) is 12.6. The molecule has 0 saturated heterocycles. The van der Waals surface area contributed by atoms with E-state index in [9.17, 15) is 4.79 Å². The molecule has 0 aliphatic carbocycles. The maximum absolute atomic E-state index is 11.7. The van der Waals surface area contributed by atoms with Crippen molar-refractivity contribution in [3.05, 3.63) is 65.7 Å². The molecule has 0 atom stereocenters. The molecule has 3 heteroatoms. The van der Waals surface area contributed by atoms with Crippen LogP contribution in [0.4, 0.5) is 10.5 Å². The van der Waals surface area contributed by atoms with Crippen LogP contribution in [0.25, 0.3) is 0 Å². The van der Waals surface area contributed by atoms with E-state index in [4.69, 9.17) is 0 Å². The van der Waals surface area contributed by atoms with Gasteiger partial charge in [0.1, 0.15) is 0 Å². The molecule has 3 nitrogen and oxygen atoms in total. The summed E-state index contributed by atoms with van der Waals surface area (Å²) in [5.74, 6) is 0.550. The first-order chi connectivity index (χ1) is 10.1. The Morgan fingerprint density at radius 2 is 1.67 bits per heavy atom. The van der Waals surface area contributed by atoms with Gasteiger partial charge in [0.05, 0.1) is 0 Å². The van der Waals surface area contributed by atoms with Crippen molar-refractivity contribution in [2.24, 2.45) is 0 Å². The minimum Gasteiger partial charge on any atom is -0.338 e. The Balaban J connectivity index is 1.75. The highest BCUT2D eigenvalue weighted by Crippen LogP contribution is 2.14. The van der Waals surface area contributed by atoms with Gasteiger partial charge in [0.2, 0.25) is 0 Å². The number of amides is 2. The Kier molecular flexibility index (Phi) is 5.38. The van der Waals surface area contributed by atoms with Crippen LogP contribution in [0, 0.1) is 0 Å². The molecule has 0 saturated carbocycles. The third-order valence-corrected chi connectivity index (χ3v) is 3.38. The summed E-state index contributed by atoms with van der Waals surface area (Å²) in [7, 11) is 0. The van der Waals surface area contributed by atoms with Gasteiger partial charge in [-0.25, -0.2) is 4.79 Å². The molecule has 0 fully saturated rings. The number of hydrogen-bond donors (Lipinski definition) is 2. The van der Waals surface area contributed by atoms with Crippen LogP contribution in [0.3, 0.4) is 0 Å². The van der Waals surface area contributed by atoms with Crippen molar-refractivity contribution >= 4 is 11.7 Å². The van der Waals surface area contributed by atoms with Gasteiger partial charge in [0.15, 0.2) is 0 Å². The zero-order valence-corrected chi connectivity index (χ0v) is 12.6. The number of para-hydroxylation sites is 1. The number of urea groups is 1. The Hall–Kier alpha value is -2.29. The number of benzene rings is 2. The summed E-state index contributed by atoms with van der Waals surface area (Å²) in [5, 5.41) is 5.67. The zero-order chi connectivity index (χ0) is 15.1. The van der Waals surface area contributed by atoms with E-state index in [1.807, 2.05) is 30.3 Å². The second-order valence-corrected chi connectivity index (χ2v) is 5.39. The van der Waals surface area contributed by atoms with Gasteiger partial charge in [-0.1, -0.05) is 56.3 Å². The molecule has 2 amide bonds. The molecule has 0 bridgehead atoms. The maximum Gasteiger partial charge on any atom is 0.319 e. The fraction of sp³-hybridized carbons (Fsp3) is 0.278. The monoisotopic (exact) mass is 282 g/mol.